The van der Waals surface area contributed by atoms with Crippen molar-refractivity contribution in [3.8, 4) is 5.75 Å². The van der Waals surface area contributed by atoms with Gasteiger partial charge in [0, 0.05) is 0 Å². The summed E-state index contributed by atoms with van der Waals surface area (Å²) in [5, 5.41) is 0. The number of hydrogen-bond acceptors (Lipinski definition) is 4. The van der Waals surface area contributed by atoms with Gasteiger partial charge in [0.15, 0.2) is 4.32 Å². The van der Waals surface area contributed by atoms with Crippen molar-refractivity contribution in [3.63, 3.8) is 0 Å². The Morgan fingerprint density at radius 2 is 1.79 bits per heavy atom. The summed E-state index contributed by atoms with van der Waals surface area (Å²) in [6.07, 6.45) is 1.86. The average molecular weight is 418 g/mol. The van der Waals surface area contributed by atoms with E-state index in [4.69, 9.17) is 17.0 Å². The number of rotatable bonds is 5. The number of anilines is 1. The smallest absolute Gasteiger partial charge is 0.270 e. The molecule has 0 aliphatic carbocycles. The molecule has 0 saturated carbocycles. The van der Waals surface area contributed by atoms with Crippen molar-refractivity contribution in [1.29, 1.82) is 0 Å². The van der Waals surface area contributed by atoms with Crippen molar-refractivity contribution in [2.75, 3.05) is 4.90 Å². The van der Waals surface area contributed by atoms with Crippen LogP contribution >= 0.6 is 24.0 Å². The van der Waals surface area contributed by atoms with Crippen LogP contribution in [0.2, 0.25) is 0 Å². The van der Waals surface area contributed by atoms with E-state index in [1.165, 1.54) is 17.3 Å². The Kier molecular flexibility index (Phi) is 5.79. The molecule has 144 valence electrons. The van der Waals surface area contributed by atoms with Crippen molar-refractivity contribution in [3.05, 3.63) is 100 Å². The zero-order chi connectivity index (χ0) is 20.2. The van der Waals surface area contributed by atoms with Crippen LogP contribution in [0.4, 0.5) is 5.69 Å². The molecular weight excluding hydrogens is 398 g/mol. The fourth-order valence-corrected chi connectivity index (χ4v) is 4.38. The molecule has 0 spiro atoms. The zero-order valence-corrected chi connectivity index (χ0v) is 17.5. The molecule has 0 unspecified atom stereocenters. The lowest BCUT2D eigenvalue weighted by molar-refractivity contribution is -0.113. The minimum absolute atomic E-state index is 0.0997. The quantitative estimate of drug-likeness (QED) is 0.377. The number of carbonyl (C=O) groups excluding carboxylic acids is 1. The van der Waals surface area contributed by atoms with E-state index in [-0.39, 0.29) is 5.91 Å². The summed E-state index contributed by atoms with van der Waals surface area (Å²) in [6, 6.07) is 25.5. The maximum Gasteiger partial charge on any atom is 0.270 e. The maximum absolute atomic E-state index is 12.9. The lowest BCUT2D eigenvalue weighted by atomic mass is 10.1. The molecule has 0 bridgehead atoms. The summed E-state index contributed by atoms with van der Waals surface area (Å²) in [5.74, 6) is 0.663. The van der Waals surface area contributed by atoms with Crippen LogP contribution in [-0.2, 0) is 11.4 Å². The van der Waals surface area contributed by atoms with E-state index in [0.29, 0.717) is 15.8 Å². The Morgan fingerprint density at radius 3 is 2.59 bits per heavy atom. The van der Waals surface area contributed by atoms with Gasteiger partial charge in [-0.25, -0.2) is 0 Å². The van der Waals surface area contributed by atoms with E-state index in [9.17, 15) is 4.79 Å². The summed E-state index contributed by atoms with van der Waals surface area (Å²) in [7, 11) is 0. The molecule has 1 fully saturated rings. The van der Waals surface area contributed by atoms with Crippen LogP contribution in [0.15, 0.2) is 83.8 Å². The number of hydrogen-bond donors (Lipinski definition) is 0. The Bertz CT molecular complexity index is 1090. The van der Waals surface area contributed by atoms with Crippen molar-refractivity contribution < 1.29 is 9.53 Å². The number of aryl methyl sites for hydroxylation is 1. The van der Waals surface area contributed by atoms with Crippen molar-refractivity contribution in [2.45, 2.75) is 13.5 Å². The second kappa shape index (κ2) is 8.64. The van der Waals surface area contributed by atoms with Crippen LogP contribution in [-0.4, -0.2) is 10.2 Å². The fourth-order valence-electron chi connectivity index (χ4n) is 3.08. The molecule has 3 aromatic rings. The maximum atomic E-state index is 12.9. The molecule has 0 radical (unpaired) electrons. The van der Waals surface area contributed by atoms with Gasteiger partial charge in [-0.3, -0.25) is 9.69 Å². The predicted molar refractivity (Wildman–Crippen MR) is 124 cm³/mol. The molecular formula is C24H19NO2S2. The van der Waals surface area contributed by atoms with Gasteiger partial charge >= 0.3 is 0 Å². The first kappa shape index (κ1) is 19.4. The van der Waals surface area contributed by atoms with E-state index in [1.807, 2.05) is 72.8 Å². The highest BCUT2D eigenvalue weighted by atomic mass is 32.2. The van der Waals surface area contributed by atoms with Gasteiger partial charge < -0.3 is 4.74 Å². The summed E-state index contributed by atoms with van der Waals surface area (Å²) >= 11 is 6.74. The number of thiocarbonyl (C=S) groups is 1. The fraction of sp³-hybridized carbons (Fsp3) is 0.0833. The second-order valence-electron chi connectivity index (χ2n) is 6.70. The predicted octanol–water partition coefficient (Wildman–Crippen LogP) is 5.98. The standard InChI is InChI=1S/C24H19NO2S2/c1-17-7-5-9-19(13-17)16-27-21-12-6-8-18(14-21)15-22-23(26)25(24(28)29-22)20-10-3-2-4-11-20/h2-15H,16H2,1H3/b22-15-. The molecule has 0 N–H and O–H groups in total. The van der Waals surface area contributed by atoms with Gasteiger partial charge in [0.2, 0.25) is 0 Å². The van der Waals surface area contributed by atoms with Crippen LogP contribution in [0, 0.1) is 6.92 Å². The van der Waals surface area contributed by atoms with Gasteiger partial charge in [-0.2, -0.15) is 0 Å². The van der Waals surface area contributed by atoms with Gasteiger partial charge in [-0.15, -0.1) is 0 Å². The molecule has 3 nitrogen and oxygen atoms in total. The third-order valence-corrected chi connectivity index (χ3v) is 5.75. The molecule has 1 aliphatic rings. The lowest BCUT2D eigenvalue weighted by Crippen LogP contribution is -2.27. The number of nitrogens with zero attached hydrogens (tertiary/aromatic N) is 1. The van der Waals surface area contributed by atoms with E-state index in [1.54, 1.807) is 4.90 Å². The van der Waals surface area contributed by atoms with Crippen LogP contribution < -0.4 is 9.64 Å². The van der Waals surface area contributed by atoms with E-state index in [0.717, 1.165) is 22.6 Å². The zero-order valence-electron chi connectivity index (χ0n) is 15.9. The van der Waals surface area contributed by atoms with Gasteiger partial charge in [0.25, 0.3) is 5.91 Å². The van der Waals surface area contributed by atoms with E-state index >= 15 is 0 Å². The molecule has 1 aliphatic heterocycles. The van der Waals surface area contributed by atoms with E-state index in [2.05, 4.69) is 19.1 Å². The SMILES string of the molecule is Cc1cccc(COc2cccc(/C=C3\SC(=S)N(c4ccccc4)C3=O)c2)c1. The average Bonchev–Trinajstić information content (AvgIpc) is 3.00. The summed E-state index contributed by atoms with van der Waals surface area (Å²) in [4.78, 5) is 15.0. The lowest BCUT2D eigenvalue weighted by Gasteiger charge is -2.13. The minimum atomic E-state index is -0.0997. The minimum Gasteiger partial charge on any atom is -0.489 e. The first-order valence-corrected chi connectivity index (χ1v) is 10.4. The van der Waals surface area contributed by atoms with Gasteiger partial charge in [-0.1, -0.05) is 84.1 Å². The van der Waals surface area contributed by atoms with Gasteiger partial charge in [-0.05, 0) is 48.4 Å². The molecule has 1 heterocycles. The molecule has 29 heavy (non-hydrogen) atoms. The summed E-state index contributed by atoms with van der Waals surface area (Å²) in [6.45, 7) is 2.57. The summed E-state index contributed by atoms with van der Waals surface area (Å²) < 4.78 is 6.47. The van der Waals surface area contributed by atoms with Crippen LogP contribution in [0.5, 0.6) is 5.75 Å². The third-order valence-electron chi connectivity index (χ3n) is 4.45. The highest BCUT2D eigenvalue weighted by Crippen LogP contribution is 2.36. The number of para-hydroxylation sites is 1. The summed E-state index contributed by atoms with van der Waals surface area (Å²) in [5.41, 5.74) is 4.02. The number of amides is 1. The van der Waals surface area contributed by atoms with Crippen LogP contribution in [0.3, 0.4) is 0 Å². The highest BCUT2D eigenvalue weighted by Gasteiger charge is 2.33. The van der Waals surface area contributed by atoms with Crippen LogP contribution in [0.1, 0.15) is 16.7 Å². The Morgan fingerprint density at radius 1 is 1.00 bits per heavy atom. The normalized spacial score (nSPS) is 15.2. The Labute approximate surface area is 180 Å². The molecule has 1 saturated heterocycles. The van der Waals surface area contributed by atoms with Crippen molar-refractivity contribution in [2.24, 2.45) is 0 Å². The van der Waals surface area contributed by atoms with Crippen LogP contribution in [0.25, 0.3) is 6.08 Å². The van der Waals surface area contributed by atoms with Crippen molar-refractivity contribution in [1.82, 2.24) is 0 Å². The van der Waals surface area contributed by atoms with Crippen molar-refractivity contribution >= 4 is 46.0 Å². The molecule has 3 aromatic carbocycles. The number of ether oxygens (including phenoxy) is 1. The molecule has 0 aromatic heterocycles. The Balaban J connectivity index is 1.50. The molecule has 5 heteroatoms. The van der Waals surface area contributed by atoms with E-state index < -0.39 is 0 Å². The largest absolute Gasteiger partial charge is 0.489 e. The monoisotopic (exact) mass is 417 g/mol. The highest BCUT2D eigenvalue weighted by molar-refractivity contribution is 8.27. The molecule has 4 rings (SSSR count). The van der Waals surface area contributed by atoms with Gasteiger partial charge in [0.05, 0.1) is 10.6 Å². The second-order valence-corrected chi connectivity index (χ2v) is 8.38. The first-order chi connectivity index (χ1) is 14.1. The number of benzene rings is 3. The molecule has 1 amide bonds. The number of carbonyl (C=O) groups is 1. The topological polar surface area (TPSA) is 29.5 Å². The number of thioether (sulfide) groups is 1. The first-order valence-electron chi connectivity index (χ1n) is 9.21. The third kappa shape index (κ3) is 4.58. The van der Waals surface area contributed by atoms with Gasteiger partial charge in [0.1, 0.15) is 12.4 Å². The Hall–Kier alpha value is -2.89. The molecule has 0 atom stereocenters.